The lowest BCUT2D eigenvalue weighted by molar-refractivity contribution is -0.121. The molecule has 20 heavy (non-hydrogen) atoms. The van der Waals surface area contributed by atoms with E-state index in [-0.39, 0.29) is 18.6 Å². The topological polar surface area (TPSA) is 61.4 Å². The summed E-state index contributed by atoms with van der Waals surface area (Å²) in [5, 5.41) is 3.24. The summed E-state index contributed by atoms with van der Waals surface area (Å²) in [5.74, 6) is 0. The van der Waals surface area contributed by atoms with E-state index in [9.17, 15) is 21.6 Å². The largest absolute Gasteiger partial charge is 0.402 e. The third kappa shape index (κ3) is 4.06. The van der Waals surface area contributed by atoms with Crippen molar-refractivity contribution in [1.82, 2.24) is 14.3 Å². The van der Waals surface area contributed by atoms with Crippen molar-refractivity contribution in [2.45, 2.75) is 50.4 Å². The van der Waals surface area contributed by atoms with Crippen LogP contribution in [0, 0.1) is 0 Å². The molecule has 2 N–H and O–H groups in total. The lowest BCUT2D eigenvalue weighted by atomic mass is 9.97. The van der Waals surface area contributed by atoms with Gasteiger partial charge < -0.3 is 5.32 Å². The van der Waals surface area contributed by atoms with Crippen LogP contribution in [0.5, 0.6) is 0 Å². The Labute approximate surface area is 117 Å². The van der Waals surface area contributed by atoms with Crippen molar-refractivity contribution in [1.29, 1.82) is 0 Å². The van der Waals surface area contributed by atoms with Gasteiger partial charge in [0.2, 0.25) is 0 Å². The molecule has 2 fully saturated rings. The number of hydrogen-bond donors (Lipinski definition) is 2. The number of hydrogen-bond acceptors (Lipinski definition) is 3. The predicted octanol–water partition coefficient (Wildman–Crippen LogP) is 0.990. The van der Waals surface area contributed by atoms with E-state index < -0.39 is 22.9 Å². The molecule has 2 atom stereocenters. The predicted molar refractivity (Wildman–Crippen MR) is 68.3 cm³/mol. The lowest BCUT2D eigenvalue weighted by Crippen LogP contribution is -2.56. The van der Waals surface area contributed by atoms with Gasteiger partial charge in [-0.1, -0.05) is 6.42 Å². The first-order valence-electron chi connectivity index (χ1n) is 6.86. The van der Waals surface area contributed by atoms with Crippen LogP contribution < -0.4 is 10.0 Å². The van der Waals surface area contributed by atoms with Gasteiger partial charge in [0.25, 0.3) is 10.2 Å². The van der Waals surface area contributed by atoms with Crippen molar-refractivity contribution in [3.63, 3.8) is 0 Å². The van der Waals surface area contributed by atoms with E-state index in [1.54, 1.807) is 4.72 Å². The summed E-state index contributed by atoms with van der Waals surface area (Å²) >= 11 is 0. The van der Waals surface area contributed by atoms with Crippen molar-refractivity contribution in [3.8, 4) is 0 Å². The second-order valence-corrected chi connectivity index (χ2v) is 7.03. The van der Waals surface area contributed by atoms with Gasteiger partial charge in [0.15, 0.2) is 0 Å². The maximum Gasteiger partial charge on any atom is 0.402 e. The number of piperidine rings is 1. The Morgan fingerprint density at radius 2 is 1.95 bits per heavy atom. The van der Waals surface area contributed by atoms with E-state index in [2.05, 4.69) is 5.32 Å². The molecule has 0 aliphatic carbocycles. The molecule has 5 nitrogen and oxygen atoms in total. The van der Waals surface area contributed by atoms with Crippen LogP contribution in [0.1, 0.15) is 32.1 Å². The summed E-state index contributed by atoms with van der Waals surface area (Å²) in [5.41, 5.74) is 0. The Balaban J connectivity index is 2.06. The van der Waals surface area contributed by atoms with Crippen molar-refractivity contribution >= 4 is 10.2 Å². The molecule has 2 aliphatic rings. The lowest BCUT2D eigenvalue weighted by Gasteiger charge is -2.38. The van der Waals surface area contributed by atoms with Gasteiger partial charge in [-0.25, -0.2) is 0 Å². The molecule has 118 valence electrons. The molecular formula is C11H20F3N3O2S. The van der Waals surface area contributed by atoms with Crippen LogP contribution in [0.15, 0.2) is 0 Å². The average molecular weight is 315 g/mol. The van der Waals surface area contributed by atoms with Crippen molar-refractivity contribution in [2.24, 2.45) is 0 Å². The zero-order valence-electron chi connectivity index (χ0n) is 11.1. The van der Waals surface area contributed by atoms with Gasteiger partial charge in [-0.3, -0.25) is 0 Å². The minimum absolute atomic E-state index is 0.0535. The highest BCUT2D eigenvalue weighted by atomic mass is 32.2. The normalized spacial score (nSPS) is 29.8. The summed E-state index contributed by atoms with van der Waals surface area (Å²) in [6, 6.07) is -0.185. The average Bonchev–Trinajstić information content (AvgIpc) is 2.90. The molecular weight excluding hydrogens is 295 g/mol. The van der Waals surface area contributed by atoms with Crippen molar-refractivity contribution < 1.29 is 21.6 Å². The Morgan fingerprint density at radius 1 is 1.20 bits per heavy atom. The summed E-state index contributed by atoms with van der Waals surface area (Å²) < 4.78 is 63.6. The van der Waals surface area contributed by atoms with Crippen LogP contribution in [0.2, 0.25) is 0 Å². The first-order chi connectivity index (χ1) is 9.30. The van der Waals surface area contributed by atoms with Gasteiger partial charge in [-0.2, -0.15) is 30.6 Å². The van der Waals surface area contributed by atoms with Crippen LogP contribution in [0.3, 0.4) is 0 Å². The van der Waals surface area contributed by atoms with E-state index in [1.807, 2.05) is 0 Å². The highest BCUT2D eigenvalue weighted by Gasteiger charge is 2.39. The molecule has 0 amide bonds. The highest BCUT2D eigenvalue weighted by molar-refractivity contribution is 7.87. The fourth-order valence-electron chi connectivity index (χ4n) is 2.93. The number of rotatable bonds is 4. The molecule has 0 spiro atoms. The zero-order chi connectivity index (χ0) is 14.8. The number of nitrogens with one attached hydrogen (secondary N) is 2. The van der Waals surface area contributed by atoms with Crippen LogP contribution in [0.4, 0.5) is 13.2 Å². The Bertz CT molecular complexity index is 421. The second kappa shape index (κ2) is 6.17. The minimum Gasteiger partial charge on any atom is -0.312 e. The SMILES string of the molecule is O=S(=O)(NCC(F)(F)F)N1CCCCC1C1CCCN1. The quantitative estimate of drug-likeness (QED) is 0.813. The molecule has 2 rings (SSSR count). The highest BCUT2D eigenvalue weighted by Crippen LogP contribution is 2.26. The van der Waals surface area contributed by atoms with E-state index in [0.717, 1.165) is 25.8 Å². The van der Waals surface area contributed by atoms with Crippen LogP contribution in [0.25, 0.3) is 0 Å². The van der Waals surface area contributed by atoms with Gasteiger partial charge in [0, 0.05) is 18.6 Å². The number of alkyl halides is 3. The van der Waals surface area contributed by atoms with E-state index in [4.69, 9.17) is 0 Å². The van der Waals surface area contributed by atoms with Crippen molar-refractivity contribution in [2.75, 3.05) is 19.6 Å². The van der Waals surface area contributed by atoms with Crippen LogP contribution in [-0.2, 0) is 10.2 Å². The number of halogens is 3. The minimum atomic E-state index is -4.54. The third-order valence-corrected chi connectivity index (χ3v) is 5.40. The van der Waals surface area contributed by atoms with E-state index in [0.29, 0.717) is 12.8 Å². The molecule has 2 saturated heterocycles. The van der Waals surface area contributed by atoms with Crippen LogP contribution >= 0.6 is 0 Å². The van der Waals surface area contributed by atoms with Gasteiger partial charge >= 0.3 is 6.18 Å². The fraction of sp³-hybridized carbons (Fsp3) is 1.00. The van der Waals surface area contributed by atoms with Gasteiger partial charge in [0.05, 0.1) is 0 Å². The van der Waals surface area contributed by atoms with Crippen molar-refractivity contribution in [3.05, 3.63) is 0 Å². The maximum atomic E-state index is 12.2. The molecule has 0 aromatic rings. The van der Waals surface area contributed by atoms with E-state index >= 15 is 0 Å². The van der Waals surface area contributed by atoms with Gasteiger partial charge in [0.1, 0.15) is 6.54 Å². The van der Waals surface area contributed by atoms with Gasteiger partial charge in [-0.15, -0.1) is 0 Å². The monoisotopic (exact) mass is 315 g/mol. The van der Waals surface area contributed by atoms with Gasteiger partial charge in [-0.05, 0) is 32.2 Å². The molecule has 9 heteroatoms. The Kier molecular flexibility index (Phi) is 4.93. The summed E-state index contributed by atoms with van der Waals surface area (Å²) in [6.07, 6.45) is -0.389. The van der Waals surface area contributed by atoms with Crippen LogP contribution in [-0.4, -0.2) is 50.6 Å². The molecule has 2 aliphatic heterocycles. The third-order valence-electron chi connectivity index (χ3n) is 3.82. The molecule has 2 unspecified atom stereocenters. The first kappa shape index (κ1) is 16.0. The fourth-order valence-corrected chi connectivity index (χ4v) is 4.42. The number of nitrogens with zero attached hydrogens (tertiary/aromatic N) is 1. The Hall–Kier alpha value is -0.380. The second-order valence-electron chi connectivity index (χ2n) is 5.32. The standard InChI is InChI=1S/C11H20F3N3O2S/c12-11(13,14)8-16-20(18,19)17-7-2-1-5-10(17)9-4-3-6-15-9/h9-10,15-16H,1-8H2. The molecule has 0 radical (unpaired) electrons. The summed E-state index contributed by atoms with van der Waals surface area (Å²) in [6.45, 7) is -0.391. The van der Waals surface area contributed by atoms with E-state index in [1.165, 1.54) is 4.31 Å². The molecule has 2 heterocycles. The molecule has 0 aromatic carbocycles. The molecule has 0 aromatic heterocycles. The summed E-state index contributed by atoms with van der Waals surface area (Å²) in [4.78, 5) is 0. The maximum absolute atomic E-state index is 12.2. The first-order valence-corrected chi connectivity index (χ1v) is 8.30. The molecule has 0 bridgehead atoms. The zero-order valence-corrected chi connectivity index (χ0v) is 11.9. The summed E-state index contributed by atoms with van der Waals surface area (Å²) in [7, 11) is -4.08. The Morgan fingerprint density at radius 3 is 2.55 bits per heavy atom. The smallest absolute Gasteiger partial charge is 0.312 e. The molecule has 0 saturated carbocycles.